The van der Waals surface area contributed by atoms with Crippen molar-refractivity contribution in [3.05, 3.63) is 21.7 Å². The first-order valence-electron chi connectivity index (χ1n) is 4.99. The van der Waals surface area contributed by atoms with Gasteiger partial charge in [-0.25, -0.2) is 0 Å². The van der Waals surface area contributed by atoms with Crippen LogP contribution < -0.4 is 9.47 Å². The van der Waals surface area contributed by atoms with Gasteiger partial charge in [-0.15, -0.1) is 0 Å². The van der Waals surface area contributed by atoms with E-state index in [9.17, 15) is 4.79 Å². The number of rotatable bonds is 5. The number of carbonyl (C=O) groups is 1. The first-order chi connectivity index (χ1) is 7.65. The minimum absolute atomic E-state index is 0.481. The van der Waals surface area contributed by atoms with Gasteiger partial charge in [0.05, 0.1) is 14.2 Å². The van der Waals surface area contributed by atoms with E-state index in [-0.39, 0.29) is 0 Å². The van der Waals surface area contributed by atoms with Crippen LogP contribution in [0.5, 0.6) is 11.5 Å². The smallest absolute Gasteiger partial charge is 0.165 e. The SMILES string of the molecule is COc1c(CCC=O)cc(Br)c(C)c1OC. The van der Waals surface area contributed by atoms with Crippen LogP contribution in [0.4, 0.5) is 0 Å². The Morgan fingerprint density at radius 3 is 2.44 bits per heavy atom. The quantitative estimate of drug-likeness (QED) is 0.781. The normalized spacial score (nSPS) is 10.0. The Bertz CT molecular complexity index is 388. The number of aryl methyl sites for hydroxylation is 1. The summed E-state index contributed by atoms with van der Waals surface area (Å²) in [6, 6.07) is 1.97. The molecule has 0 unspecified atom stereocenters. The summed E-state index contributed by atoms with van der Waals surface area (Å²) in [5, 5.41) is 0. The molecule has 0 radical (unpaired) electrons. The van der Waals surface area contributed by atoms with E-state index in [0.29, 0.717) is 18.6 Å². The lowest BCUT2D eigenvalue weighted by molar-refractivity contribution is -0.107. The highest BCUT2D eigenvalue weighted by atomic mass is 79.9. The van der Waals surface area contributed by atoms with Crippen LogP contribution in [-0.2, 0) is 11.2 Å². The van der Waals surface area contributed by atoms with Gasteiger partial charge in [-0.2, -0.15) is 0 Å². The number of halogens is 1. The number of methoxy groups -OCH3 is 2. The topological polar surface area (TPSA) is 35.5 Å². The summed E-state index contributed by atoms with van der Waals surface area (Å²) in [5.41, 5.74) is 1.97. The van der Waals surface area contributed by atoms with Gasteiger partial charge in [0, 0.05) is 16.5 Å². The molecule has 0 aliphatic carbocycles. The summed E-state index contributed by atoms with van der Waals surface area (Å²) in [6.45, 7) is 1.95. The van der Waals surface area contributed by atoms with Crippen LogP contribution in [0.3, 0.4) is 0 Å². The molecule has 0 fully saturated rings. The van der Waals surface area contributed by atoms with Crippen LogP contribution in [0.1, 0.15) is 17.5 Å². The van der Waals surface area contributed by atoms with Gasteiger partial charge in [-0.3, -0.25) is 0 Å². The molecule has 0 bridgehead atoms. The lowest BCUT2D eigenvalue weighted by atomic mass is 10.1. The molecule has 0 amide bonds. The predicted octanol–water partition coefficient (Wildman–Crippen LogP) is 2.91. The zero-order valence-electron chi connectivity index (χ0n) is 9.67. The second-order valence-electron chi connectivity index (χ2n) is 3.41. The molecule has 0 aliphatic heterocycles. The number of carbonyl (C=O) groups excluding carboxylic acids is 1. The number of benzene rings is 1. The highest BCUT2D eigenvalue weighted by Gasteiger charge is 2.15. The van der Waals surface area contributed by atoms with Crippen molar-refractivity contribution in [3.8, 4) is 11.5 Å². The molecule has 3 nitrogen and oxygen atoms in total. The van der Waals surface area contributed by atoms with Crippen molar-refractivity contribution < 1.29 is 14.3 Å². The van der Waals surface area contributed by atoms with Crippen LogP contribution in [-0.4, -0.2) is 20.5 Å². The minimum Gasteiger partial charge on any atom is -0.493 e. The number of hydrogen-bond donors (Lipinski definition) is 0. The molecule has 0 aromatic heterocycles. The molecule has 0 saturated carbocycles. The van der Waals surface area contributed by atoms with Gasteiger partial charge in [0.2, 0.25) is 0 Å². The van der Waals surface area contributed by atoms with E-state index in [1.54, 1.807) is 14.2 Å². The van der Waals surface area contributed by atoms with Gasteiger partial charge in [0.25, 0.3) is 0 Å². The summed E-state index contributed by atoms with van der Waals surface area (Å²) in [6.07, 6.45) is 2.04. The molecule has 1 aromatic rings. The van der Waals surface area contributed by atoms with Crippen molar-refractivity contribution in [1.82, 2.24) is 0 Å². The van der Waals surface area contributed by atoms with Crippen LogP contribution in [0.25, 0.3) is 0 Å². The molecular formula is C12H15BrO3. The van der Waals surface area contributed by atoms with Crippen LogP contribution >= 0.6 is 15.9 Å². The first-order valence-corrected chi connectivity index (χ1v) is 5.78. The number of hydrogen-bond acceptors (Lipinski definition) is 3. The summed E-state index contributed by atoms with van der Waals surface area (Å²) < 4.78 is 11.6. The van der Waals surface area contributed by atoms with Gasteiger partial charge >= 0.3 is 0 Å². The highest BCUT2D eigenvalue weighted by molar-refractivity contribution is 9.10. The zero-order chi connectivity index (χ0) is 12.1. The highest BCUT2D eigenvalue weighted by Crippen LogP contribution is 2.39. The van der Waals surface area contributed by atoms with Crippen LogP contribution in [0, 0.1) is 6.92 Å². The summed E-state index contributed by atoms with van der Waals surface area (Å²) >= 11 is 3.47. The molecule has 0 spiro atoms. The van der Waals surface area contributed by atoms with Gasteiger partial charge in [0.1, 0.15) is 6.29 Å². The maximum Gasteiger partial charge on any atom is 0.165 e. The zero-order valence-corrected chi connectivity index (χ0v) is 11.3. The Labute approximate surface area is 104 Å². The van der Waals surface area contributed by atoms with Gasteiger partial charge in [-0.05, 0) is 25.0 Å². The molecule has 1 aromatic carbocycles. The number of ether oxygens (including phenoxy) is 2. The molecule has 0 aliphatic rings. The standard InChI is InChI=1S/C12H15BrO3/c1-8-10(13)7-9(5-4-6-14)12(16-3)11(8)15-2/h6-7H,4-5H2,1-3H3. The fourth-order valence-corrected chi connectivity index (χ4v) is 2.08. The Balaban J connectivity index is 3.25. The number of aldehydes is 1. The van der Waals surface area contributed by atoms with Crippen molar-refractivity contribution in [3.63, 3.8) is 0 Å². The second-order valence-corrected chi connectivity index (χ2v) is 4.27. The van der Waals surface area contributed by atoms with Crippen molar-refractivity contribution in [2.45, 2.75) is 19.8 Å². The lowest BCUT2D eigenvalue weighted by Crippen LogP contribution is -1.99. The largest absolute Gasteiger partial charge is 0.493 e. The van der Waals surface area contributed by atoms with Crippen molar-refractivity contribution in [2.24, 2.45) is 0 Å². The molecule has 16 heavy (non-hydrogen) atoms. The van der Waals surface area contributed by atoms with Crippen molar-refractivity contribution in [2.75, 3.05) is 14.2 Å². The molecule has 0 N–H and O–H groups in total. The van der Waals surface area contributed by atoms with E-state index in [4.69, 9.17) is 9.47 Å². The summed E-state index contributed by atoms with van der Waals surface area (Å²) in [7, 11) is 3.22. The Morgan fingerprint density at radius 2 is 1.94 bits per heavy atom. The molecule has 0 heterocycles. The van der Waals surface area contributed by atoms with E-state index in [2.05, 4.69) is 15.9 Å². The average molecular weight is 287 g/mol. The average Bonchev–Trinajstić information content (AvgIpc) is 2.29. The second kappa shape index (κ2) is 5.89. The van der Waals surface area contributed by atoms with Crippen LogP contribution in [0.15, 0.2) is 10.5 Å². The van der Waals surface area contributed by atoms with Crippen molar-refractivity contribution in [1.29, 1.82) is 0 Å². The van der Waals surface area contributed by atoms with Crippen LogP contribution in [0.2, 0.25) is 0 Å². The molecular weight excluding hydrogens is 272 g/mol. The van der Waals surface area contributed by atoms with Gasteiger partial charge in [0.15, 0.2) is 11.5 Å². The van der Waals surface area contributed by atoms with E-state index in [1.807, 2.05) is 13.0 Å². The maximum atomic E-state index is 10.4. The fourth-order valence-electron chi connectivity index (χ4n) is 1.62. The third-order valence-electron chi connectivity index (χ3n) is 2.44. The Hall–Kier alpha value is -1.03. The van der Waals surface area contributed by atoms with E-state index in [1.165, 1.54) is 0 Å². The fraction of sp³-hybridized carbons (Fsp3) is 0.417. The Morgan fingerprint density at radius 1 is 1.31 bits per heavy atom. The molecule has 0 atom stereocenters. The molecule has 1 rings (SSSR count). The summed E-state index contributed by atoms with van der Waals surface area (Å²) in [5.74, 6) is 1.43. The van der Waals surface area contributed by atoms with E-state index in [0.717, 1.165) is 27.6 Å². The lowest BCUT2D eigenvalue weighted by Gasteiger charge is -2.15. The summed E-state index contributed by atoms with van der Waals surface area (Å²) in [4.78, 5) is 10.4. The van der Waals surface area contributed by atoms with Gasteiger partial charge in [-0.1, -0.05) is 15.9 Å². The van der Waals surface area contributed by atoms with Gasteiger partial charge < -0.3 is 14.3 Å². The third-order valence-corrected chi connectivity index (χ3v) is 3.26. The Kier molecular flexibility index (Phi) is 4.80. The van der Waals surface area contributed by atoms with E-state index >= 15 is 0 Å². The predicted molar refractivity (Wildman–Crippen MR) is 66.4 cm³/mol. The van der Waals surface area contributed by atoms with Crippen molar-refractivity contribution >= 4 is 22.2 Å². The molecule has 88 valence electrons. The molecule has 0 saturated heterocycles. The monoisotopic (exact) mass is 286 g/mol. The minimum atomic E-state index is 0.481. The third kappa shape index (κ3) is 2.55. The maximum absolute atomic E-state index is 10.4. The van der Waals surface area contributed by atoms with E-state index < -0.39 is 0 Å². The molecule has 4 heteroatoms. The first kappa shape index (κ1) is 13.0.